The summed E-state index contributed by atoms with van der Waals surface area (Å²) < 4.78 is 37.4. The van der Waals surface area contributed by atoms with Crippen molar-refractivity contribution >= 4 is 39.2 Å². The second kappa shape index (κ2) is 10.3. The van der Waals surface area contributed by atoms with Crippen LogP contribution in [0.4, 0.5) is 5.69 Å². The number of amides is 1. The fraction of sp³-hybridized carbons (Fsp3) is 0.364. The number of benzene rings is 2. The van der Waals surface area contributed by atoms with E-state index in [1.807, 2.05) is 0 Å². The Morgan fingerprint density at radius 3 is 2.56 bits per heavy atom. The van der Waals surface area contributed by atoms with Crippen molar-refractivity contribution in [1.82, 2.24) is 4.31 Å². The zero-order valence-corrected chi connectivity index (χ0v) is 19.4. The average molecular weight is 481 g/mol. The van der Waals surface area contributed by atoms with Gasteiger partial charge in [0.25, 0.3) is 0 Å². The van der Waals surface area contributed by atoms with Gasteiger partial charge in [0.2, 0.25) is 15.9 Å². The van der Waals surface area contributed by atoms with E-state index in [4.69, 9.17) is 21.1 Å². The molecular weight excluding hydrogens is 456 g/mol. The summed E-state index contributed by atoms with van der Waals surface area (Å²) in [7, 11) is -2.23. The molecule has 2 aromatic rings. The summed E-state index contributed by atoms with van der Waals surface area (Å²) in [5.74, 6) is -0.872. The van der Waals surface area contributed by atoms with E-state index in [0.29, 0.717) is 30.8 Å². The number of rotatable bonds is 7. The summed E-state index contributed by atoms with van der Waals surface area (Å²) in [5, 5.41) is 2.98. The first-order chi connectivity index (χ1) is 15.3. The molecule has 0 saturated carbocycles. The molecule has 0 spiro atoms. The predicted molar refractivity (Wildman–Crippen MR) is 121 cm³/mol. The first-order valence-corrected chi connectivity index (χ1v) is 12.0. The molecule has 1 aliphatic heterocycles. The maximum atomic E-state index is 13.0. The van der Waals surface area contributed by atoms with Gasteiger partial charge in [0.05, 0.1) is 35.1 Å². The van der Waals surface area contributed by atoms with Gasteiger partial charge in [-0.1, -0.05) is 11.6 Å². The summed E-state index contributed by atoms with van der Waals surface area (Å²) >= 11 is 6.06. The summed E-state index contributed by atoms with van der Waals surface area (Å²) in [5.41, 5.74) is 0.538. The molecule has 32 heavy (non-hydrogen) atoms. The number of hydrogen-bond acceptors (Lipinski definition) is 6. The number of halogens is 1. The van der Waals surface area contributed by atoms with E-state index < -0.39 is 21.9 Å². The molecule has 1 fully saturated rings. The van der Waals surface area contributed by atoms with Gasteiger partial charge < -0.3 is 14.8 Å². The van der Waals surface area contributed by atoms with Gasteiger partial charge >= 0.3 is 5.97 Å². The maximum absolute atomic E-state index is 13.0. The zero-order valence-electron chi connectivity index (χ0n) is 17.8. The van der Waals surface area contributed by atoms with Crippen molar-refractivity contribution in [2.75, 3.05) is 32.1 Å². The van der Waals surface area contributed by atoms with Crippen molar-refractivity contribution in [3.63, 3.8) is 0 Å². The Morgan fingerprint density at radius 1 is 1.19 bits per heavy atom. The van der Waals surface area contributed by atoms with Crippen molar-refractivity contribution in [2.45, 2.75) is 24.7 Å². The predicted octanol–water partition coefficient (Wildman–Crippen LogP) is 3.56. The van der Waals surface area contributed by atoms with Crippen molar-refractivity contribution < 1.29 is 27.5 Å². The van der Waals surface area contributed by atoms with Crippen LogP contribution in [0.2, 0.25) is 5.02 Å². The van der Waals surface area contributed by atoms with Crippen molar-refractivity contribution in [2.24, 2.45) is 5.92 Å². The second-order valence-corrected chi connectivity index (χ2v) is 9.63. The Labute approximate surface area is 192 Å². The summed E-state index contributed by atoms with van der Waals surface area (Å²) in [6.07, 6.45) is 1.11. The van der Waals surface area contributed by atoms with Gasteiger partial charge in [-0.15, -0.1) is 0 Å². The highest BCUT2D eigenvalue weighted by Crippen LogP contribution is 2.27. The lowest BCUT2D eigenvalue weighted by atomic mass is 9.98. The monoisotopic (exact) mass is 480 g/mol. The SMILES string of the molecule is CCOC(=O)c1cc(NC(=O)[C@H]2CCCN(S(=O)(=O)c3ccc(OC)cc3)C2)ccc1Cl. The lowest BCUT2D eigenvalue weighted by Gasteiger charge is -2.31. The Morgan fingerprint density at radius 2 is 1.91 bits per heavy atom. The van der Waals surface area contributed by atoms with Crippen LogP contribution in [0.5, 0.6) is 5.75 Å². The van der Waals surface area contributed by atoms with E-state index in [9.17, 15) is 18.0 Å². The van der Waals surface area contributed by atoms with E-state index in [-0.39, 0.29) is 34.5 Å². The van der Waals surface area contributed by atoms with Crippen molar-refractivity contribution in [3.8, 4) is 5.75 Å². The number of carbonyl (C=O) groups is 2. The number of anilines is 1. The molecule has 1 N–H and O–H groups in total. The molecule has 1 atom stereocenters. The number of carbonyl (C=O) groups excluding carboxylic acids is 2. The average Bonchev–Trinajstić information content (AvgIpc) is 2.80. The summed E-state index contributed by atoms with van der Waals surface area (Å²) in [6, 6.07) is 10.7. The number of esters is 1. The number of piperidine rings is 1. The molecule has 2 aromatic carbocycles. The first kappa shape index (κ1) is 24.0. The maximum Gasteiger partial charge on any atom is 0.339 e. The molecule has 8 nitrogen and oxygen atoms in total. The number of nitrogens with one attached hydrogen (secondary N) is 1. The Kier molecular flexibility index (Phi) is 7.76. The molecule has 1 saturated heterocycles. The van der Waals surface area contributed by atoms with Crippen LogP contribution in [0.25, 0.3) is 0 Å². The first-order valence-electron chi connectivity index (χ1n) is 10.2. The van der Waals surface area contributed by atoms with Crippen molar-refractivity contribution in [1.29, 1.82) is 0 Å². The number of methoxy groups -OCH3 is 1. The molecule has 0 aliphatic carbocycles. The minimum Gasteiger partial charge on any atom is -0.497 e. The number of hydrogen-bond donors (Lipinski definition) is 1. The number of nitrogens with zero attached hydrogens (tertiary/aromatic N) is 1. The largest absolute Gasteiger partial charge is 0.497 e. The van der Waals surface area contributed by atoms with Crippen LogP contribution in [0, 0.1) is 5.92 Å². The highest BCUT2D eigenvalue weighted by atomic mass is 35.5. The van der Waals surface area contributed by atoms with E-state index in [2.05, 4.69) is 5.32 Å². The van der Waals surface area contributed by atoms with Gasteiger partial charge in [0, 0.05) is 18.8 Å². The van der Waals surface area contributed by atoms with Gasteiger partial charge in [-0.2, -0.15) is 4.31 Å². The van der Waals surface area contributed by atoms with E-state index >= 15 is 0 Å². The van der Waals surface area contributed by atoms with Gasteiger partial charge in [-0.3, -0.25) is 4.79 Å². The van der Waals surface area contributed by atoms with Gasteiger partial charge in [0.1, 0.15) is 5.75 Å². The lowest BCUT2D eigenvalue weighted by Crippen LogP contribution is -2.43. The molecular formula is C22H25ClN2O6S. The van der Waals surface area contributed by atoms with Crippen LogP contribution in [0.15, 0.2) is 47.4 Å². The molecule has 3 rings (SSSR count). The molecule has 172 valence electrons. The molecule has 1 amide bonds. The van der Waals surface area contributed by atoms with Crippen LogP contribution in [-0.2, 0) is 19.6 Å². The van der Waals surface area contributed by atoms with E-state index in [0.717, 1.165) is 0 Å². The van der Waals surface area contributed by atoms with E-state index in [1.54, 1.807) is 25.1 Å². The normalized spacial score (nSPS) is 16.9. The minimum absolute atomic E-state index is 0.0680. The standard InChI is InChI=1S/C22H25ClN2O6S/c1-3-31-22(27)19-13-16(6-11-20(19)23)24-21(26)15-5-4-12-25(14-15)32(28,29)18-9-7-17(30-2)8-10-18/h6-11,13,15H,3-5,12,14H2,1-2H3,(H,24,26)/t15-/m0/s1. The third kappa shape index (κ3) is 5.40. The number of ether oxygens (including phenoxy) is 2. The Bertz CT molecular complexity index is 1090. The van der Waals surface area contributed by atoms with Gasteiger partial charge in [0.15, 0.2) is 0 Å². The van der Waals surface area contributed by atoms with E-state index in [1.165, 1.54) is 35.7 Å². The highest BCUT2D eigenvalue weighted by molar-refractivity contribution is 7.89. The third-order valence-corrected chi connectivity index (χ3v) is 7.39. The number of sulfonamides is 1. The molecule has 0 aromatic heterocycles. The quantitative estimate of drug-likeness (QED) is 0.608. The fourth-order valence-electron chi connectivity index (χ4n) is 3.48. The van der Waals surface area contributed by atoms with Crippen LogP contribution in [0.1, 0.15) is 30.1 Å². The molecule has 10 heteroatoms. The van der Waals surface area contributed by atoms with Crippen LogP contribution >= 0.6 is 11.6 Å². The van der Waals surface area contributed by atoms with Crippen LogP contribution < -0.4 is 10.1 Å². The molecule has 0 bridgehead atoms. The zero-order chi connectivity index (χ0) is 23.3. The summed E-state index contributed by atoms with van der Waals surface area (Å²) in [4.78, 5) is 25.0. The van der Waals surface area contributed by atoms with Crippen molar-refractivity contribution in [3.05, 3.63) is 53.1 Å². The molecule has 0 radical (unpaired) electrons. The Hall–Kier alpha value is -2.62. The Balaban J connectivity index is 1.71. The molecule has 0 unspecified atom stereocenters. The molecule has 1 heterocycles. The van der Waals surface area contributed by atoms with Crippen LogP contribution in [-0.4, -0.2) is 51.4 Å². The minimum atomic E-state index is -3.74. The second-order valence-electron chi connectivity index (χ2n) is 7.28. The topological polar surface area (TPSA) is 102 Å². The summed E-state index contributed by atoms with van der Waals surface area (Å²) in [6.45, 7) is 2.29. The fourth-order valence-corrected chi connectivity index (χ4v) is 5.20. The molecule has 1 aliphatic rings. The smallest absolute Gasteiger partial charge is 0.339 e. The van der Waals surface area contributed by atoms with Crippen LogP contribution in [0.3, 0.4) is 0 Å². The third-order valence-electron chi connectivity index (χ3n) is 5.18. The van der Waals surface area contributed by atoms with Gasteiger partial charge in [-0.25, -0.2) is 13.2 Å². The lowest BCUT2D eigenvalue weighted by molar-refractivity contribution is -0.120. The van der Waals surface area contributed by atoms with Gasteiger partial charge in [-0.05, 0) is 62.2 Å². The highest BCUT2D eigenvalue weighted by Gasteiger charge is 2.33.